The molecule has 0 saturated carbocycles. The zero-order valence-corrected chi connectivity index (χ0v) is 18.3. The lowest BCUT2D eigenvalue weighted by Gasteiger charge is -2.07. The van der Waals surface area contributed by atoms with Crippen molar-refractivity contribution in [1.29, 1.82) is 0 Å². The van der Waals surface area contributed by atoms with Gasteiger partial charge >= 0.3 is 0 Å². The number of benzene rings is 2. The van der Waals surface area contributed by atoms with E-state index in [1.54, 1.807) is 25.1 Å². The molecule has 1 aromatic heterocycles. The number of aromatic nitrogens is 3. The Hall–Kier alpha value is -2.52. The summed E-state index contributed by atoms with van der Waals surface area (Å²) in [4.78, 5) is 24.8. The van der Waals surface area contributed by atoms with Gasteiger partial charge in [-0.3, -0.25) is 9.59 Å². The van der Waals surface area contributed by atoms with Gasteiger partial charge in [-0.1, -0.05) is 37.1 Å². The molecular weight excluding hydrogens is 490 g/mol. The van der Waals surface area contributed by atoms with Crippen molar-refractivity contribution in [2.24, 2.45) is 0 Å². The molecule has 3 aromatic rings. The van der Waals surface area contributed by atoms with Gasteiger partial charge in [-0.15, -0.1) is 5.10 Å². The second kappa shape index (κ2) is 8.66. The molecule has 0 radical (unpaired) electrons. The van der Waals surface area contributed by atoms with E-state index in [-0.39, 0.29) is 24.1 Å². The summed E-state index contributed by atoms with van der Waals surface area (Å²) in [6, 6.07) is 12.8. The van der Waals surface area contributed by atoms with Crippen molar-refractivity contribution in [3.63, 3.8) is 0 Å². The van der Waals surface area contributed by atoms with Gasteiger partial charge < -0.3 is 10.6 Å². The third-order valence-corrected chi connectivity index (χ3v) is 5.45. The molecule has 9 heteroatoms. The molecule has 28 heavy (non-hydrogen) atoms. The van der Waals surface area contributed by atoms with Crippen LogP contribution in [-0.2, 0) is 11.3 Å². The van der Waals surface area contributed by atoms with Gasteiger partial charge in [-0.05, 0) is 61.9 Å². The van der Waals surface area contributed by atoms with Gasteiger partial charge in [-0.2, -0.15) is 0 Å². The quantitative estimate of drug-likeness (QED) is 0.539. The number of nitrogens with zero attached hydrogens (tertiary/aromatic N) is 3. The standard InChI is InChI=1S/C19H17Br2N5O2/c1-11-9-15(7-8-16(11)21)23-19(28)18-12(2)26(25-24-18)10-17(27)22-14-5-3-13(20)4-6-14/h3-9H,10H2,1-2H3,(H,22,27)(H,23,28). The highest BCUT2D eigenvalue weighted by molar-refractivity contribution is 9.10. The average Bonchev–Trinajstić information content (AvgIpc) is 3.01. The molecule has 2 amide bonds. The number of anilines is 2. The highest BCUT2D eigenvalue weighted by Gasteiger charge is 2.18. The van der Waals surface area contributed by atoms with Crippen LogP contribution in [0.1, 0.15) is 21.7 Å². The zero-order valence-electron chi connectivity index (χ0n) is 15.2. The number of hydrogen-bond donors (Lipinski definition) is 2. The summed E-state index contributed by atoms with van der Waals surface area (Å²) in [5, 5.41) is 13.4. The van der Waals surface area contributed by atoms with E-state index in [9.17, 15) is 9.59 Å². The Kier molecular flexibility index (Phi) is 6.25. The molecule has 0 saturated heterocycles. The predicted molar refractivity (Wildman–Crippen MR) is 114 cm³/mol. The maximum Gasteiger partial charge on any atom is 0.278 e. The smallest absolute Gasteiger partial charge is 0.278 e. The fourth-order valence-electron chi connectivity index (χ4n) is 2.50. The lowest BCUT2D eigenvalue weighted by molar-refractivity contribution is -0.117. The van der Waals surface area contributed by atoms with Crippen LogP contribution < -0.4 is 10.6 Å². The summed E-state index contributed by atoms with van der Waals surface area (Å²) in [7, 11) is 0. The summed E-state index contributed by atoms with van der Waals surface area (Å²) in [5.41, 5.74) is 3.03. The number of nitrogens with one attached hydrogen (secondary N) is 2. The average molecular weight is 507 g/mol. The van der Waals surface area contributed by atoms with E-state index in [4.69, 9.17) is 0 Å². The van der Waals surface area contributed by atoms with Gasteiger partial charge in [0.25, 0.3) is 5.91 Å². The van der Waals surface area contributed by atoms with Gasteiger partial charge in [0.15, 0.2) is 5.69 Å². The van der Waals surface area contributed by atoms with Gasteiger partial charge in [0, 0.05) is 20.3 Å². The first-order chi connectivity index (χ1) is 13.3. The van der Waals surface area contributed by atoms with Crippen molar-refractivity contribution in [3.8, 4) is 0 Å². The highest BCUT2D eigenvalue weighted by atomic mass is 79.9. The molecule has 2 N–H and O–H groups in total. The van der Waals surface area contributed by atoms with Gasteiger partial charge in [-0.25, -0.2) is 4.68 Å². The van der Waals surface area contributed by atoms with Crippen LogP contribution in [0.5, 0.6) is 0 Å². The Balaban J connectivity index is 1.67. The molecule has 0 unspecified atom stereocenters. The van der Waals surface area contributed by atoms with Crippen molar-refractivity contribution >= 4 is 55.0 Å². The van der Waals surface area contributed by atoms with Crippen molar-refractivity contribution in [2.45, 2.75) is 20.4 Å². The maximum absolute atomic E-state index is 12.5. The number of aryl methyl sites for hydroxylation is 1. The summed E-state index contributed by atoms with van der Waals surface area (Å²) in [6.07, 6.45) is 0. The Morgan fingerprint density at radius 2 is 1.68 bits per heavy atom. The van der Waals surface area contributed by atoms with E-state index in [0.29, 0.717) is 17.1 Å². The third-order valence-electron chi connectivity index (χ3n) is 4.03. The molecule has 0 aliphatic rings. The summed E-state index contributed by atoms with van der Waals surface area (Å²) < 4.78 is 3.29. The molecule has 0 fully saturated rings. The van der Waals surface area contributed by atoms with E-state index < -0.39 is 0 Å². The first-order valence-electron chi connectivity index (χ1n) is 8.36. The van der Waals surface area contributed by atoms with Crippen LogP contribution in [0, 0.1) is 13.8 Å². The molecule has 0 bridgehead atoms. The molecular formula is C19H17Br2N5O2. The SMILES string of the molecule is Cc1cc(NC(=O)c2nnn(CC(=O)Nc3ccc(Br)cc3)c2C)ccc1Br. The van der Waals surface area contributed by atoms with Gasteiger partial charge in [0.05, 0.1) is 5.69 Å². The lowest BCUT2D eigenvalue weighted by atomic mass is 10.2. The van der Waals surface area contributed by atoms with Crippen molar-refractivity contribution < 1.29 is 9.59 Å². The molecule has 144 valence electrons. The monoisotopic (exact) mass is 505 g/mol. The van der Waals surface area contributed by atoms with E-state index in [1.807, 2.05) is 31.2 Å². The second-order valence-corrected chi connectivity index (χ2v) is 7.92. The summed E-state index contributed by atoms with van der Waals surface area (Å²) in [6.45, 7) is 3.60. The maximum atomic E-state index is 12.5. The van der Waals surface area contributed by atoms with E-state index in [0.717, 1.165) is 14.5 Å². The van der Waals surface area contributed by atoms with E-state index in [1.165, 1.54) is 4.68 Å². The largest absolute Gasteiger partial charge is 0.324 e. The van der Waals surface area contributed by atoms with Crippen LogP contribution in [0.4, 0.5) is 11.4 Å². The predicted octanol–water partition coefficient (Wildman–Crippen LogP) is 4.31. The lowest BCUT2D eigenvalue weighted by Crippen LogP contribution is -2.21. The van der Waals surface area contributed by atoms with Crippen LogP contribution in [-0.4, -0.2) is 26.8 Å². The van der Waals surface area contributed by atoms with E-state index in [2.05, 4.69) is 52.8 Å². The number of hydrogen-bond acceptors (Lipinski definition) is 4. The minimum atomic E-state index is -0.376. The molecule has 1 heterocycles. The molecule has 3 rings (SSSR count). The number of carbonyl (C=O) groups is 2. The number of halogens is 2. The van der Waals surface area contributed by atoms with Crippen LogP contribution in [0.15, 0.2) is 51.4 Å². The van der Waals surface area contributed by atoms with Crippen LogP contribution >= 0.6 is 31.9 Å². The zero-order chi connectivity index (χ0) is 20.3. The Bertz CT molecular complexity index is 1030. The Morgan fingerprint density at radius 3 is 2.36 bits per heavy atom. The van der Waals surface area contributed by atoms with Crippen molar-refractivity contribution in [1.82, 2.24) is 15.0 Å². The minimum Gasteiger partial charge on any atom is -0.324 e. The minimum absolute atomic E-state index is 0.0421. The first-order valence-corrected chi connectivity index (χ1v) is 9.95. The van der Waals surface area contributed by atoms with Gasteiger partial charge in [0.2, 0.25) is 5.91 Å². The number of rotatable bonds is 5. The number of carbonyl (C=O) groups excluding carboxylic acids is 2. The third kappa shape index (κ3) is 4.85. The molecule has 0 aliphatic carbocycles. The van der Waals surface area contributed by atoms with Crippen LogP contribution in [0.2, 0.25) is 0 Å². The fourth-order valence-corrected chi connectivity index (χ4v) is 3.01. The van der Waals surface area contributed by atoms with Crippen molar-refractivity contribution in [2.75, 3.05) is 10.6 Å². The first kappa shape index (κ1) is 20.2. The topological polar surface area (TPSA) is 88.9 Å². The molecule has 7 nitrogen and oxygen atoms in total. The molecule has 0 aliphatic heterocycles. The summed E-state index contributed by atoms with van der Waals surface area (Å²) in [5.74, 6) is -0.635. The Morgan fingerprint density at radius 1 is 1.00 bits per heavy atom. The second-order valence-electron chi connectivity index (χ2n) is 6.15. The van der Waals surface area contributed by atoms with Gasteiger partial charge in [0.1, 0.15) is 6.54 Å². The van der Waals surface area contributed by atoms with Crippen LogP contribution in [0.25, 0.3) is 0 Å². The molecule has 0 spiro atoms. The highest BCUT2D eigenvalue weighted by Crippen LogP contribution is 2.20. The molecule has 2 aromatic carbocycles. The normalized spacial score (nSPS) is 10.6. The summed E-state index contributed by atoms with van der Waals surface area (Å²) >= 11 is 6.77. The van der Waals surface area contributed by atoms with E-state index >= 15 is 0 Å². The molecule has 0 atom stereocenters. The Labute approximate surface area is 178 Å². The fraction of sp³-hybridized carbons (Fsp3) is 0.158. The van der Waals surface area contributed by atoms with Crippen LogP contribution in [0.3, 0.4) is 0 Å². The number of amides is 2. The van der Waals surface area contributed by atoms with Crippen molar-refractivity contribution in [3.05, 3.63) is 68.4 Å².